The van der Waals surface area contributed by atoms with Crippen LogP contribution in [-0.4, -0.2) is 7.05 Å². The van der Waals surface area contributed by atoms with Gasteiger partial charge in [-0.05, 0) is 49.0 Å². The second-order valence-electron chi connectivity index (χ2n) is 4.00. The van der Waals surface area contributed by atoms with E-state index in [-0.39, 0.29) is 4.90 Å². The maximum absolute atomic E-state index is 13.5. The molecule has 19 heavy (non-hydrogen) atoms. The molecule has 0 unspecified atom stereocenters. The number of hydrogen-bond acceptors (Lipinski definition) is 2. The van der Waals surface area contributed by atoms with Gasteiger partial charge in [0, 0.05) is 11.4 Å². The molecule has 2 aromatic rings. The van der Waals surface area contributed by atoms with Crippen molar-refractivity contribution >= 4 is 11.8 Å². The fourth-order valence-electron chi connectivity index (χ4n) is 1.67. The molecule has 0 fully saturated rings. The van der Waals surface area contributed by atoms with Gasteiger partial charge in [-0.2, -0.15) is 0 Å². The largest absolute Gasteiger partial charge is 0.316 e. The summed E-state index contributed by atoms with van der Waals surface area (Å²) < 4.78 is 40.0. The van der Waals surface area contributed by atoms with E-state index >= 15 is 0 Å². The Labute approximate surface area is 113 Å². The predicted molar refractivity (Wildman–Crippen MR) is 69.6 cm³/mol. The van der Waals surface area contributed by atoms with Gasteiger partial charge in [0.25, 0.3) is 0 Å². The van der Waals surface area contributed by atoms with Gasteiger partial charge in [0.2, 0.25) is 0 Å². The summed E-state index contributed by atoms with van der Waals surface area (Å²) in [4.78, 5) is 0.677. The SMILES string of the molecule is CNCc1cc(F)cc(Sc2cc(F)ccc2F)c1. The Balaban J connectivity index is 2.29. The van der Waals surface area contributed by atoms with E-state index < -0.39 is 17.5 Å². The van der Waals surface area contributed by atoms with Crippen molar-refractivity contribution in [3.05, 3.63) is 59.4 Å². The second-order valence-corrected chi connectivity index (χ2v) is 5.12. The molecule has 0 aliphatic heterocycles. The van der Waals surface area contributed by atoms with Crippen molar-refractivity contribution in [2.24, 2.45) is 0 Å². The lowest BCUT2D eigenvalue weighted by molar-refractivity contribution is 0.577. The van der Waals surface area contributed by atoms with Gasteiger partial charge < -0.3 is 5.32 Å². The first-order valence-electron chi connectivity index (χ1n) is 5.65. The van der Waals surface area contributed by atoms with Crippen LogP contribution in [0.5, 0.6) is 0 Å². The summed E-state index contributed by atoms with van der Waals surface area (Å²) in [5, 5.41) is 2.91. The molecule has 0 bridgehead atoms. The van der Waals surface area contributed by atoms with E-state index in [1.807, 2.05) is 0 Å². The van der Waals surface area contributed by atoms with Gasteiger partial charge in [0.1, 0.15) is 17.5 Å². The highest BCUT2D eigenvalue weighted by atomic mass is 32.2. The first-order chi connectivity index (χ1) is 9.08. The summed E-state index contributed by atoms with van der Waals surface area (Å²) in [5.74, 6) is -1.44. The molecule has 0 aliphatic rings. The molecular formula is C14H12F3NS. The van der Waals surface area contributed by atoms with Crippen molar-refractivity contribution < 1.29 is 13.2 Å². The van der Waals surface area contributed by atoms with E-state index in [1.165, 1.54) is 12.1 Å². The molecule has 0 amide bonds. The Kier molecular flexibility index (Phi) is 4.50. The first kappa shape index (κ1) is 14.0. The highest BCUT2D eigenvalue weighted by Crippen LogP contribution is 2.31. The standard InChI is InChI=1S/C14H12F3NS/c1-18-8-9-4-11(16)6-12(5-9)19-14-7-10(15)2-3-13(14)17/h2-7,18H,8H2,1H3. The Morgan fingerprint density at radius 3 is 2.53 bits per heavy atom. The van der Waals surface area contributed by atoms with E-state index in [0.29, 0.717) is 11.4 Å². The van der Waals surface area contributed by atoms with Crippen LogP contribution in [0.4, 0.5) is 13.2 Å². The molecule has 1 nitrogen and oxygen atoms in total. The second kappa shape index (κ2) is 6.12. The van der Waals surface area contributed by atoms with Crippen LogP contribution in [0.25, 0.3) is 0 Å². The van der Waals surface area contributed by atoms with E-state index in [0.717, 1.165) is 35.5 Å². The van der Waals surface area contributed by atoms with Gasteiger partial charge >= 0.3 is 0 Å². The van der Waals surface area contributed by atoms with Crippen LogP contribution >= 0.6 is 11.8 Å². The average molecular weight is 283 g/mol. The topological polar surface area (TPSA) is 12.0 Å². The quantitative estimate of drug-likeness (QED) is 0.911. The molecule has 2 rings (SSSR count). The van der Waals surface area contributed by atoms with E-state index in [2.05, 4.69) is 5.32 Å². The molecule has 2 aromatic carbocycles. The summed E-state index contributed by atoms with van der Waals surface area (Å²) in [7, 11) is 1.75. The van der Waals surface area contributed by atoms with Gasteiger partial charge in [-0.25, -0.2) is 13.2 Å². The van der Waals surface area contributed by atoms with Gasteiger partial charge in [-0.3, -0.25) is 0 Å². The van der Waals surface area contributed by atoms with Crippen LogP contribution in [0.2, 0.25) is 0 Å². The zero-order valence-electron chi connectivity index (χ0n) is 10.2. The van der Waals surface area contributed by atoms with Crippen molar-refractivity contribution in [2.45, 2.75) is 16.3 Å². The lowest BCUT2D eigenvalue weighted by Crippen LogP contribution is -2.05. The maximum atomic E-state index is 13.5. The molecule has 0 radical (unpaired) electrons. The third-order valence-electron chi connectivity index (χ3n) is 2.43. The lowest BCUT2D eigenvalue weighted by atomic mass is 10.2. The number of benzene rings is 2. The minimum Gasteiger partial charge on any atom is -0.316 e. The molecule has 0 heterocycles. The summed E-state index contributed by atoms with van der Waals surface area (Å²) in [5.41, 5.74) is 0.752. The Hall–Kier alpha value is -1.46. The molecule has 0 atom stereocenters. The van der Waals surface area contributed by atoms with Crippen LogP contribution in [0.3, 0.4) is 0 Å². The van der Waals surface area contributed by atoms with Crippen molar-refractivity contribution in [2.75, 3.05) is 7.05 Å². The summed E-state index contributed by atoms with van der Waals surface area (Å²) in [6.45, 7) is 0.511. The molecule has 0 aliphatic carbocycles. The van der Waals surface area contributed by atoms with Crippen LogP contribution < -0.4 is 5.32 Å². The zero-order valence-corrected chi connectivity index (χ0v) is 11.0. The molecule has 0 saturated heterocycles. The average Bonchev–Trinajstić information content (AvgIpc) is 2.33. The Morgan fingerprint density at radius 2 is 1.79 bits per heavy atom. The summed E-state index contributed by atoms with van der Waals surface area (Å²) in [6, 6.07) is 7.66. The molecule has 0 spiro atoms. The molecule has 0 aromatic heterocycles. The third-order valence-corrected chi connectivity index (χ3v) is 3.44. The molecule has 0 saturated carbocycles. The van der Waals surface area contributed by atoms with Gasteiger partial charge in [-0.15, -0.1) is 0 Å². The van der Waals surface area contributed by atoms with Crippen LogP contribution in [0.1, 0.15) is 5.56 Å². The zero-order chi connectivity index (χ0) is 13.8. The van der Waals surface area contributed by atoms with Crippen molar-refractivity contribution in [3.63, 3.8) is 0 Å². The van der Waals surface area contributed by atoms with E-state index in [1.54, 1.807) is 13.1 Å². The number of rotatable bonds is 4. The molecular weight excluding hydrogens is 271 g/mol. The highest BCUT2D eigenvalue weighted by molar-refractivity contribution is 7.99. The molecule has 1 N–H and O–H groups in total. The number of hydrogen-bond donors (Lipinski definition) is 1. The Bertz CT molecular complexity index is 587. The minimum atomic E-state index is -0.522. The van der Waals surface area contributed by atoms with Gasteiger partial charge in [0.05, 0.1) is 4.90 Å². The number of halogens is 3. The summed E-state index contributed by atoms with van der Waals surface area (Å²) >= 11 is 1.000. The molecule has 100 valence electrons. The van der Waals surface area contributed by atoms with Crippen LogP contribution in [0, 0.1) is 17.5 Å². The third kappa shape index (κ3) is 3.75. The van der Waals surface area contributed by atoms with E-state index in [4.69, 9.17) is 0 Å². The normalized spacial score (nSPS) is 10.7. The van der Waals surface area contributed by atoms with Crippen LogP contribution in [-0.2, 0) is 6.54 Å². The smallest absolute Gasteiger partial charge is 0.137 e. The fraction of sp³-hybridized carbons (Fsp3) is 0.143. The molecule has 5 heteroatoms. The fourth-order valence-corrected chi connectivity index (χ4v) is 2.64. The lowest BCUT2D eigenvalue weighted by Gasteiger charge is -2.07. The minimum absolute atomic E-state index is 0.140. The van der Waals surface area contributed by atoms with Crippen molar-refractivity contribution in [1.29, 1.82) is 0 Å². The Morgan fingerprint density at radius 1 is 1.00 bits per heavy atom. The van der Waals surface area contributed by atoms with E-state index in [9.17, 15) is 13.2 Å². The van der Waals surface area contributed by atoms with Crippen molar-refractivity contribution in [3.8, 4) is 0 Å². The van der Waals surface area contributed by atoms with Crippen molar-refractivity contribution in [1.82, 2.24) is 5.32 Å². The first-order valence-corrected chi connectivity index (χ1v) is 6.47. The number of nitrogens with one attached hydrogen (secondary N) is 1. The monoisotopic (exact) mass is 283 g/mol. The highest BCUT2D eigenvalue weighted by Gasteiger charge is 2.08. The van der Waals surface area contributed by atoms with Crippen LogP contribution in [0.15, 0.2) is 46.2 Å². The van der Waals surface area contributed by atoms with Gasteiger partial charge in [0.15, 0.2) is 0 Å². The maximum Gasteiger partial charge on any atom is 0.137 e. The summed E-state index contributed by atoms with van der Waals surface area (Å²) in [6.07, 6.45) is 0. The predicted octanol–water partition coefficient (Wildman–Crippen LogP) is 3.97. The van der Waals surface area contributed by atoms with Gasteiger partial charge in [-0.1, -0.05) is 11.8 Å².